The predicted octanol–water partition coefficient (Wildman–Crippen LogP) is 3.89. The Labute approximate surface area is 79.8 Å². The molecule has 0 aliphatic carbocycles. The van der Waals surface area contributed by atoms with Crippen molar-refractivity contribution in [2.75, 3.05) is 0 Å². The number of hydrogen-bond donors (Lipinski definition) is 0. The first kappa shape index (κ1) is 10.2. The van der Waals surface area contributed by atoms with Gasteiger partial charge in [0.25, 0.3) is 0 Å². The van der Waals surface area contributed by atoms with Crippen LogP contribution in [0.2, 0.25) is 0 Å². The van der Waals surface area contributed by atoms with E-state index in [1.807, 2.05) is 19.1 Å². The van der Waals surface area contributed by atoms with Crippen LogP contribution < -0.4 is 0 Å². The van der Waals surface area contributed by atoms with E-state index in [1.165, 1.54) is 0 Å². The van der Waals surface area contributed by atoms with Crippen LogP contribution in [0.4, 0.5) is 4.39 Å². The molecule has 0 heterocycles. The molecule has 0 aromatic heterocycles. The third-order valence-electron chi connectivity index (χ3n) is 2.65. The monoisotopic (exact) mass is 180 g/mol. The lowest BCUT2D eigenvalue weighted by molar-refractivity contribution is 0.501. The maximum atomic E-state index is 13.5. The third kappa shape index (κ3) is 2.30. The summed E-state index contributed by atoms with van der Waals surface area (Å²) >= 11 is 0. The molecule has 0 saturated heterocycles. The molecule has 1 rings (SSSR count). The average Bonchev–Trinajstić information content (AvgIpc) is 2.03. The summed E-state index contributed by atoms with van der Waals surface area (Å²) in [6.45, 7) is 8.21. The Morgan fingerprint density at radius 1 is 1.15 bits per heavy atom. The van der Waals surface area contributed by atoms with Crippen molar-refractivity contribution in [1.29, 1.82) is 0 Å². The highest BCUT2D eigenvalue weighted by molar-refractivity contribution is 5.26. The highest BCUT2D eigenvalue weighted by Crippen LogP contribution is 2.26. The maximum absolute atomic E-state index is 13.5. The van der Waals surface area contributed by atoms with Crippen molar-refractivity contribution in [2.24, 2.45) is 5.92 Å². The topological polar surface area (TPSA) is 0 Å². The van der Waals surface area contributed by atoms with Crippen LogP contribution in [0.3, 0.4) is 0 Å². The summed E-state index contributed by atoms with van der Waals surface area (Å²) in [5.41, 5.74) is 1.82. The number of benzene rings is 1. The fourth-order valence-corrected chi connectivity index (χ4v) is 1.36. The summed E-state index contributed by atoms with van der Waals surface area (Å²) < 4.78 is 13.5. The number of aryl methyl sites for hydroxylation is 1. The van der Waals surface area contributed by atoms with Gasteiger partial charge in [0, 0.05) is 0 Å². The van der Waals surface area contributed by atoms with Crippen LogP contribution in [0.25, 0.3) is 0 Å². The Morgan fingerprint density at radius 3 is 2.23 bits per heavy atom. The second-order valence-electron chi connectivity index (χ2n) is 4.06. The highest BCUT2D eigenvalue weighted by Gasteiger charge is 2.13. The summed E-state index contributed by atoms with van der Waals surface area (Å²) in [7, 11) is 0. The molecule has 0 N–H and O–H groups in total. The van der Waals surface area contributed by atoms with Gasteiger partial charge in [-0.15, -0.1) is 0 Å². The van der Waals surface area contributed by atoms with Crippen molar-refractivity contribution in [2.45, 2.75) is 33.6 Å². The maximum Gasteiger partial charge on any atom is 0.126 e. The van der Waals surface area contributed by atoms with Gasteiger partial charge in [0.1, 0.15) is 5.82 Å². The van der Waals surface area contributed by atoms with Crippen molar-refractivity contribution in [1.82, 2.24) is 0 Å². The molecule has 0 nitrogen and oxygen atoms in total. The van der Waals surface area contributed by atoms with Gasteiger partial charge in [-0.2, -0.15) is 0 Å². The largest absolute Gasteiger partial charge is 0.207 e. The molecule has 72 valence electrons. The van der Waals surface area contributed by atoms with E-state index in [0.29, 0.717) is 11.8 Å². The van der Waals surface area contributed by atoms with E-state index >= 15 is 0 Å². The van der Waals surface area contributed by atoms with Gasteiger partial charge in [-0.25, -0.2) is 4.39 Å². The molecule has 1 unspecified atom stereocenters. The minimum atomic E-state index is -0.0683. The lowest BCUT2D eigenvalue weighted by atomic mass is 9.89. The Morgan fingerprint density at radius 2 is 1.77 bits per heavy atom. The van der Waals surface area contributed by atoms with Gasteiger partial charge in [-0.1, -0.05) is 32.9 Å². The second kappa shape index (κ2) is 3.91. The van der Waals surface area contributed by atoms with Crippen molar-refractivity contribution in [3.63, 3.8) is 0 Å². The fraction of sp³-hybridized carbons (Fsp3) is 0.500. The van der Waals surface area contributed by atoms with E-state index in [4.69, 9.17) is 0 Å². The quantitative estimate of drug-likeness (QED) is 0.647. The van der Waals surface area contributed by atoms with E-state index in [0.717, 1.165) is 11.1 Å². The molecule has 0 aliphatic rings. The Kier molecular flexibility index (Phi) is 3.07. The summed E-state index contributed by atoms with van der Waals surface area (Å²) in [6.07, 6.45) is 0. The van der Waals surface area contributed by atoms with Crippen LogP contribution in [0.15, 0.2) is 18.2 Å². The molecular weight excluding hydrogens is 163 g/mol. The van der Waals surface area contributed by atoms with Gasteiger partial charge >= 0.3 is 0 Å². The van der Waals surface area contributed by atoms with Gasteiger partial charge in [0.15, 0.2) is 0 Å². The smallest absolute Gasteiger partial charge is 0.126 e. The van der Waals surface area contributed by atoms with Gasteiger partial charge in [0.2, 0.25) is 0 Å². The van der Waals surface area contributed by atoms with E-state index in [1.54, 1.807) is 6.07 Å². The van der Waals surface area contributed by atoms with Gasteiger partial charge in [-0.05, 0) is 36.0 Å². The molecule has 0 bridgehead atoms. The molecule has 1 heteroatoms. The third-order valence-corrected chi connectivity index (χ3v) is 2.65. The van der Waals surface area contributed by atoms with E-state index in [9.17, 15) is 4.39 Å². The first-order chi connectivity index (χ1) is 6.02. The summed E-state index contributed by atoms with van der Waals surface area (Å²) in [5, 5.41) is 0. The Balaban J connectivity index is 3.01. The van der Waals surface area contributed by atoms with E-state index in [-0.39, 0.29) is 5.82 Å². The van der Waals surface area contributed by atoms with E-state index < -0.39 is 0 Å². The average molecular weight is 180 g/mol. The molecule has 0 spiro atoms. The van der Waals surface area contributed by atoms with Crippen molar-refractivity contribution in [3.8, 4) is 0 Å². The first-order valence-electron chi connectivity index (χ1n) is 4.78. The van der Waals surface area contributed by atoms with Crippen LogP contribution in [-0.4, -0.2) is 0 Å². The SMILES string of the molecule is Cc1ccc(C(C)C(C)C)c(F)c1. The zero-order chi connectivity index (χ0) is 10.0. The fourth-order valence-electron chi connectivity index (χ4n) is 1.36. The lowest BCUT2D eigenvalue weighted by Gasteiger charge is -2.16. The van der Waals surface area contributed by atoms with Crippen LogP contribution in [0.5, 0.6) is 0 Å². The standard InChI is InChI=1S/C12H17F/c1-8(2)10(4)11-6-5-9(3)7-12(11)13/h5-8,10H,1-4H3. The number of halogens is 1. The zero-order valence-corrected chi connectivity index (χ0v) is 8.76. The Hall–Kier alpha value is -0.850. The van der Waals surface area contributed by atoms with Crippen LogP contribution in [0.1, 0.15) is 37.8 Å². The van der Waals surface area contributed by atoms with Gasteiger partial charge in [0.05, 0.1) is 0 Å². The van der Waals surface area contributed by atoms with Gasteiger partial charge < -0.3 is 0 Å². The Bertz CT molecular complexity index is 289. The minimum absolute atomic E-state index is 0.0683. The molecular formula is C12H17F. The molecule has 0 amide bonds. The molecule has 1 aromatic carbocycles. The normalized spacial score (nSPS) is 13.4. The lowest BCUT2D eigenvalue weighted by Crippen LogP contribution is -2.04. The summed E-state index contributed by atoms with van der Waals surface area (Å²) in [4.78, 5) is 0. The molecule has 0 radical (unpaired) electrons. The van der Waals surface area contributed by atoms with Crippen molar-refractivity contribution >= 4 is 0 Å². The molecule has 13 heavy (non-hydrogen) atoms. The van der Waals surface area contributed by atoms with Crippen molar-refractivity contribution in [3.05, 3.63) is 35.1 Å². The summed E-state index contributed by atoms with van der Waals surface area (Å²) in [5.74, 6) is 0.707. The van der Waals surface area contributed by atoms with Crippen LogP contribution in [-0.2, 0) is 0 Å². The number of hydrogen-bond acceptors (Lipinski definition) is 0. The molecule has 1 atom stereocenters. The summed E-state index contributed by atoms with van der Waals surface area (Å²) in [6, 6.07) is 5.47. The molecule has 1 aromatic rings. The molecule has 0 fully saturated rings. The van der Waals surface area contributed by atoms with Gasteiger partial charge in [-0.3, -0.25) is 0 Å². The number of rotatable bonds is 2. The minimum Gasteiger partial charge on any atom is -0.207 e. The first-order valence-corrected chi connectivity index (χ1v) is 4.78. The molecule has 0 aliphatic heterocycles. The predicted molar refractivity (Wildman–Crippen MR) is 54.4 cm³/mol. The van der Waals surface area contributed by atoms with E-state index in [2.05, 4.69) is 20.8 Å². The van der Waals surface area contributed by atoms with Crippen molar-refractivity contribution < 1.29 is 4.39 Å². The highest BCUT2D eigenvalue weighted by atomic mass is 19.1. The van der Waals surface area contributed by atoms with Crippen LogP contribution >= 0.6 is 0 Å². The van der Waals surface area contributed by atoms with Crippen LogP contribution in [0, 0.1) is 18.7 Å². The molecule has 0 saturated carbocycles. The zero-order valence-electron chi connectivity index (χ0n) is 8.76. The second-order valence-corrected chi connectivity index (χ2v) is 4.06.